The van der Waals surface area contributed by atoms with E-state index in [1.54, 1.807) is 12.1 Å². The lowest BCUT2D eigenvalue weighted by Gasteiger charge is -2.26. The number of rotatable bonds is 5. The highest BCUT2D eigenvalue weighted by Crippen LogP contribution is 2.35. The van der Waals surface area contributed by atoms with Crippen LogP contribution >= 0.6 is 15.9 Å². The van der Waals surface area contributed by atoms with Crippen LogP contribution in [0.1, 0.15) is 15.9 Å². The maximum absolute atomic E-state index is 12.7. The number of sulfonamides is 1. The number of carbonyl (C=O) groups excluding carboxylic acids is 1. The number of morpholine rings is 1. The molecule has 0 N–H and O–H groups in total. The van der Waals surface area contributed by atoms with Crippen molar-refractivity contribution < 1.29 is 32.2 Å². The van der Waals surface area contributed by atoms with Gasteiger partial charge in [-0.05, 0) is 36.4 Å². The van der Waals surface area contributed by atoms with Crippen molar-refractivity contribution in [2.24, 2.45) is 0 Å². The van der Waals surface area contributed by atoms with Crippen LogP contribution in [0.15, 0.2) is 45.8 Å². The van der Waals surface area contributed by atoms with Crippen molar-refractivity contribution in [3.8, 4) is 11.5 Å². The van der Waals surface area contributed by atoms with Crippen LogP contribution in [0.5, 0.6) is 11.5 Å². The lowest BCUT2D eigenvalue weighted by Crippen LogP contribution is -2.40. The van der Waals surface area contributed by atoms with Gasteiger partial charge in [-0.2, -0.15) is 4.31 Å². The molecule has 0 spiro atoms. The number of benzene rings is 2. The summed E-state index contributed by atoms with van der Waals surface area (Å²) in [6.07, 6.45) is 0. The van der Waals surface area contributed by atoms with Gasteiger partial charge in [0.15, 0.2) is 11.5 Å². The van der Waals surface area contributed by atoms with E-state index in [0.29, 0.717) is 51.0 Å². The maximum atomic E-state index is 12.7. The molecule has 2 heterocycles. The molecule has 2 aromatic rings. The number of halogens is 1. The van der Waals surface area contributed by atoms with Crippen LogP contribution in [0.4, 0.5) is 0 Å². The summed E-state index contributed by atoms with van der Waals surface area (Å²) in [5.41, 5.74) is 1.00. The molecular weight excluding hydrogens is 478 g/mol. The van der Waals surface area contributed by atoms with Crippen LogP contribution in [-0.2, 0) is 26.1 Å². The Hall–Kier alpha value is -2.14. The zero-order valence-corrected chi connectivity index (χ0v) is 18.4. The Balaban J connectivity index is 1.42. The molecule has 2 aliphatic heterocycles. The molecule has 1 saturated heterocycles. The average Bonchev–Trinajstić information content (AvgIpc) is 2.78. The minimum atomic E-state index is -3.60. The molecule has 0 amide bonds. The van der Waals surface area contributed by atoms with E-state index in [9.17, 15) is 13.2 Å². The minimum absolute atomic E-state index is 0.0316. The number of hydrogen-bond acceptors (Lipinski definition) is 7. The van der Waals surface area contributed by atoms with E-state index in [1.807, 2.05) is 0 Å². The van der Waals surface area contributed by atoms with Gasteiger partial charge < -0.3 is 18.9 Å². The molecule has 0 aromatic heterocycles. The molecule has 8 nitrogen and oxygen atoms in total. The highest BCUT2D eigenvalue weighted by Gasteiger charge is 2.26. The van der Waals surface area contributed by atoms with Gasteiger partial charge in [0.2, 0.25) is 10.0 Å². The summed E-state index contributed by atoms with van der Waals surface area (Å²) in [5, 5.41) is 0. The molecule has 2 aliphatic rings. The van der Waals surface area contributed by atoms with Crippen LogP contribution in [0.25, 0.3) is 0 Å². The summed E-state index contributed by atoms with van der Waals surface area (Å²) in [4.78, 5) is 12.5. The minimum Gasteiger partial charge on any atom is -0.486 e. The van der Waals surface area contributed by atoms with E-state index < -0.39 is 16.0 Å². The first-order valence-electron chi connectivity index (χ1n) is 9.38. The zero-order valence-electron chi connectivity index (χ0n) is 16.0. The molecule has 0 aliphatic carbocycles. The quantitative estimate of drug-likeness (QED) is 0.586. The molecule has 1 fully saturated rings. The van der Waals surface area contributed by atoms with Crippen LogP contribution in [0.2, 0.25) is 0 Å². The fourth-order valence-electron chi connectivity index (χ4n) is 3.14. The molecule has 0 saturated carbocycles. The highest BCUT2D eigenvalue weighted by molar-refractivity contribution is 9.10. The van der Waals surface area contributed by atoms with Gasteiger partial charge in [-0.15, -0.1) is 0 Å². The third-order valence-electron chi connectivity index (χ3n) is 4.77. The van der Waals surface area contributed by atoms with Gasteiger partial charge in [-0.1, -0.05) is 15.9 Å². The van der Waals surface area contributed by atoms with Gasteiger partial charge in [-0.3, -0.25) is 0 Å². The number of fused-ring (bicyclic) bond motifs is 1. The van der Waals surface area contributed by atoms with Crippen LogP contribution < -0.4 is 9.47 Å². The van der Waals surface area contributed by atoms with Crippen molar-refractivity contribution in [1.82, 2.24) is 4.31 Å². The smallest absolute Gasteiger partial charge is 0.338 e. The zero-order chi connectivity index (χ0) is 21.1. The fourth-order valence-corrected chi connectivity index (χ4v) is 4.99. The number of hydrogen-bond donors (Lipinski definition) is 0. The summed E-state index contributed by atoms with van der Waals surface area (Å²) in [7, 11) is -3.60. The first kappa shape index (κ1) is 21.1. The highest BCUT2D eigenvalue weighted by atomic mass is 79.9. The molecule has 0 unspecified atom stereocenters. The Kier molecular flexibility index (Phi) is 6.28. The second-order valence-electron chi connectivity index (χ2n) is 6.70. The van der Waals surface area contributed by atoms with E-state index >= 15 is 0 Å². The Labute approximate surface area is 182 Å². The standard InChI is InChI=1S/C20H20BrNO7S/c21-17-12-19-18(27-9-10-28-19)11-15(17)13-29-20(23)14-1-3-16(4-2-14)30(24,25)22-5-7-26-8-6-22/h1-4,11-12H,5-10,13H2. The Bertz CT molecular complexity index is 1030. The van der Waals surface area contributed by atoms with Gasteiger partial charge in [0.25, 0.3) is 0 Å². The molecular formula is C20H20BrNO7S. The summed E-state index contributed by atoms with van der Waals surface area (Å²) < 4.78 is 49.1. The van der Waals surface area contributed by atoms with Crippen molar-refractivity contribution in [3.05, 3.63) is 52.0 Å². The molecule has 4 rings (SSSR count). The first-order valence-corrected chi connectivity index (χ1v) is 11.6. The predicted octanol–water partition coefficient (Wildman–Crippen LogP) is 2.60. The summed E-state index contributed by atoms with van der Waals surface area (Å²) in [6, 6.07) is 9.29. The van der Waals surface area contributed by atoms with Gasteiger partial charge >= 0.3 is 5.97 Å². The molecule has 0 atom stereocenters. The second-order valence-corrected chi connectivity index (χ2v) is 9.50. The lowest BCUT2D eigenvalue weighted by atomic mass is 10.2. The number of carbonyl (C=O) groups is 1. The van der Waals surface area contributed by atoms with Crippen molar-refractivity contribution in [2.45, 2.75) is 11.5 Å². The molecule has 0 radical (unpaired) electrons. The van der Waals surface area contributed by atoms with E-state index in [-0.39, 0.29) is 17.1 Å². The normalized spacial score (nSPS) is 16.8. The Morgan fingerprint density at radius 3 is 2.30 bits per heavy atom. The SMILES string of the molecule is O=C(OCc1cc2c(cc1Br)OCCO2)c1ccc(S(=O)(=O)N2CCOCC2)cc1. The predicted molar refractivity (Wildman–Crippen MR) is 110 cm³/mol. The summed E-state index contributed by atoms with van der Waals surface area (Å²) in [5.74, 6) is 0.695. The monoisotopic (exact) mass is 497 g/mol. The summed E-state index contributed by atoms with van der Waals surface area (Å²) in [6.45, 7) is 2.37. The third-order valence-corrected chi connectivity index (χ3v) is 7.42. The van der Waals surface area contributed by atoms with Crippen molar-refractivity contribution in [2.75, 3.05) is 39.5 Å². The maximum Gasteiger partial charge on any atom is 0.338 e. The third kappa shape index (κ3) is 4.46. The lowest BCUT2D eigenvalue weighted by molar-refractivity contribution is 0.0471. The largest absolute Gasteiger partial charge is 0.486 e. The van der Waals surface area contributed by atoms with Crippen LogP contribution in [0, 0.1) is 0 Å². The van der Waals surface area contributed by atoms with Crippen LogP contribution in [0.3, 0.4) is 0 Å². The van der Waals surface area contributed by atoms with E-state index in [2.05, 4.69) is 15.9 Å². The molecule has 10 heteroatoms. The number of esters is 1. The fraction of sp³-hybridized carbons (Fsp3) is 0.350. The van der Waals surface area contributed by atoms with Gasteiger partial charge in [0, 0.05) is 23.1 Å². The van der Waals surface area contributed by atoms with Crippen molar-refractivity contribution in [1.29, 1.82) is 0 Å². The Morgan fingerprint density at radius 1 is 1.00 bits per heavy atom. The molecule has 160 valence electrons. The first-order chi connectivity index (χ1) is 14.4. The van der Waals surface area contributed by atoms with Crippen molar-refractivity contribution in [3.63, 3.8) is 0 Å². The van der Waals surface area contributed by atoms with Gasteiger partial charge in [-0.25, -0.2) is 13.2 Å². The van der Waals surface area contributed by atoms with E-state index in [0.717, 1.165) is 10.0 Å². The summed E-state index contributed by atoms with van der Waals surface area (Å²) >= 11 is 3.44. The molecule has 2 aromatic carbocycles. The second kappa shape index (κ2) is 8.93. The van der Waals surface area contributed by atoms with Gasteiger partial charge in [0.05, 0.1) is 23.7 Å². The molecule has 0 bridgehead atoms. The topological polar surface area (TPSA) is 91.4 Å². The van der Waals surface area contributed by atoms with Crippen molar-refractivity contribution >= 4 is 31.9 Å². The van der Waals surface area contributed by atoms with E-state index in [4.69, 9.17) is 18.9 Å². The van der Waals surface area contributed by atoms with E-state index in [1.165, 1.54) is 28.6 Å². The molecule has 30 heavy (non-hydrogen) atoms. The number of nitrogens with zero attached hydrogens (tertiary/aromatic N) is 1. The van der Waals surface area contributed by atoms with Gasteiger partial charge in [0.1, 0.15) is 19.8 Å². The average molecular weight is 498 g/mol. The Morgan fingerprint density at radius 2 is 1.63 bits per heavy atom. The van der Waals surface area contributed by atoms with Crippen LogP contribution in [-0.4, -0.2) is 58.2 Å². The number of ether oxygens (including phenoxy) is 4.